The average molecular weight is 839 g/mol. The van der Waals surface area contributed by atoms with E-state index in [1.165, 1.54) is 24.3 Å². The molecule has 0 bridgehead atoms. The topological polar surface area (TPSA) is 139 Å². The number of nitriles is 4. The Labute approximate surface area is 371 Å². The molecule has 10 aromatic rings. The largest absolute Gasteiger partial charge is 0.309 e. The van der Waals surface area contributed by atoms with Gasteiger partial charge in [-0.2, -0.15) is 21.0 Å². The number of benzene rings is 8. The molecule has 0 atom stereocenters. The van der Waals surface area contributed by atoms with Crippen molar-refractivity contribution in [2.24, 2.45) is 0 Å². The zero-order chi connectivity index (χ0) is 44.6. The molecule has 0 amide bonds. The van der Waals surface area contributed by atoms with E-state index in [1.807, 2.05) is 120 Å². The molecular weight excluding hydrogens is 811 g/mol. The van der Waals surface area contributed by atoms with Gasteiger partial charge in [-0.15, -0.1) is 0 Å². The minimum Gasteiger partial charge on any atom is -0.309 e. The number of hydrogen-bond donors (Lipinski definition) is 0. The van der Waals surface area contributed by atoms with E-state index in [0.717, 1.165) is 50.1 Å². The Balaban J connectivity index is 1.27. The van der Waals surface area contributed by atoms with Crippen LogP contribution in [-0.4, -0.2) is 19.5 Å². The molecule has 0 radical (unpaired) electrons. The van der Waals surface area contributed by atoms with Gasteiger partial charge in [0, 0.05) is 39.2 Å². The molecule has 10 rings (SSSR count). The molecule has 0 fully saturated rings. The minimum atomic E-state index is -0.763. The quantitative estimate of drug-likeness (QED) is 0.156. The Morgan fingerprint density at radius 2 is 0.800 bits per heavy atom. The number of rotatable bonds is 7. The maximum Gasteiger partial charge on any atom is 0.164 e. The summed E-state index contributed by atoms with van der Waals surface area (Å²) in [7, 11) is 0. The van der Waals surface area contributed by atoms with E-state index in [9.17, 15) is 21.0 Å². The van der Waals surface area contributed by atoms with Gasteiger partial charge in [0.25, 0.3) is 0 Å². The minimum absolute atomic E-state index is 0.249. The Kier molecular flexibility index (Phi) is 9.94. The fraction of sp³-hybridized carbons (Fsp3) is 0. The third kappa shape index (κ3) is 7.47. The van der Waals surface area contributed by atoms with Crippen LogP contribution in [0, 0.1) is 57.0 Å². The lowest BCUT2D eigenvalue weighted by Crippen LogP contribution is -2.02. The Bertz CT molecular complexity index is 3460. The highest BCUT2D eigenvalue weighted by Gasteiger charge is 2.21. The summed E-state index contributed by atoms with van der Waals surface area (Å²) in [5.41, 5.74) is 8.99. The summed E-state index contributed by atoms with van der Waals surface area (Å²) in [6.07, 6.45) is 0. The van der Waals surface area contributed by atoms with Crippen molar-refractivity contribution in [3.05, 3.63) is 204 Å². The van der Waals surface area contributed by atoms with Crippen molar-refractivity contribution < 1.29 is 8.78 Å². The number of hydrogen-bond acceptors (Lipinski definition) is 7. The van der Waals surface area contributed by atoms with Crippen LogP contribution in [0.4, 0.5) is 8.78 Å². The van der Waals surface area contributed by atoms with Crippen molar-refractivity contribution in [3.8, 4) is 97.5 Å². The lowest BCUT2D eigenvalue weighted by Gasteiger charge is -2.16. The SMILES string of the molecule is N#Cc1cc(C#N)cc(-c2ccc3c4ccc(-c5cc(C#N)cc(C#N)c5)cc4n(-c4ccc(-c5nc(-c6ccccc6)nc(-c6ccccc6)n5)c(-c5cc(F)cc(F)c5)c4)c3c2)c1. The van der Waals surface area contributed by atoms with E-state index in [-0.39, 0.29) is 11.4 Å². The van der Waals surface area contributed by atoms with E-state index < -0.39 is 11.6 Å². The molecule has 0 aliphatic carbocycles. The standard InChI is InChI=1S/C55H28F2N8/c56-44-23-43(24-45(57)27-44)50-28-46(13-16-49(50)55-63-53(37-7-3-1-4-8-37)62-54(64-55)38-9-5-2-6-10-38)65-51-25-39(41-19-33(29-58)17-34(20-41)30-59)11-14-47(51)48-15-12-40(26-52(48)65)42-21-35(31-60)18-36(22-42)32-61/h1-28H. The maximum absolute atomic E-state index is 15.3. The zero-order valence-corrected chi connectivity index (χ0v) is 34.0. The van der Waals surface area contributed by atoms with Crippen molar-refractivity contribution in [1.29, 1.82) is 21.0 Å². The van der Waals surface area contributed by atoms with Crippen molar-refractivity contribution in [2.75, 3.05) is 0 Å². The van der Waals surface area contributed by atoms with Gasteiger partial charge >= 0.3 is 0 Å². The molecule has 8 aromatic carbocycles. The van der Waals surface area contributed by atoms with E-state index in [0.29, 0.717) is 61.8 Å². The fourth-order valence-corrected chi connectivity index (χ4v) is 8.25. The highest BCUT2D eigenvalue weighted by atomic mass is 19.1. The monoisotopic (exact) mass is 838 g/mol. The maximum atomic E-state index is 15.3. The van der Waals surface area contributed by atoms with Gasteiger partial charge in [0.2, 0.25) is 0 Å². The molecule has 0 aliphatic rings. The molecule has 0 aliphatic heterocycles. The van der Waals surface area contributed by atoms with Gasteiger partial charge in [-0.3, -0.25) is 0 Å². The predicted octanol–water partition coefficient (Wildman–Crippen LogP) is 12.7. The first kappa shape index (κ1) is 39.5. The second-order valence-corrected chi connectivity index (χ2v) is 15.3. The van der Waals surface area contributed by atoms with Gasteiger partial charge in [-0.1, -0.05) is 84.9 Å². The van der Waals surface area contributed by atoms with Crippen LogP contribution in [-0.2, 0) is 0 Å². The lowest BCUT2D eigenvalue weighted by molar-refractivity contribution is 0.584. The molecule has 2 heterocycles. The van der Waals surface area contributed by atoms with Crippen LogP contribution in [0.1, 0.15) is 22.3 Å². The van der Waals surface area contributed by atoms with E-state index >= 15 is 8.78 Å². The molecular formula is C55H28F2N8. The second kappa shape index (κ2) is 16.3. The molecule has 0 saturated heterocycles. The normalized spacial score (nSPS) is 10.9. The molecule has 0 unspecified atom stereocenters. The van der Waals surface area contributed by atoms with Crippen molar-refractivity contribution in [1.82, 2.24) is 19.5 Å². The number of halogens is 2. The van der Waals surface area contributed by atoms with Crippen LogP contribution >= 0.6 is 0 Å². The van der Waals surface area contributed by atoms with Gasteiger partial charge < -0.3 is 4.57 Å². The molecule has 8 nitrogen and oxygen atoms in total. The van der Waals surface area contributed by atoms with E-state index in [2.05, 4.69) is 24.3 Å². The predicted molar refractivity (Wildman–Crippen MR) is 246 cm³/mol. The van der Waals surface area contributed by atoms with Crippen LogP contribution in [0.25, 0.3) is 95.0 Å². The summed E-state index contributed by atoms with van der Waals surface area (Å²) < 4.78 is 32.6. The molecule has 0 spiro atoms. The fourth-order valence-electron chi connectivity index (χ4n) is 8.25. The summed E-state index contributed by atoms with van der Waals surface area (Å²) in [5.74, 6) is -0.414. The third-order valence-corrected chi connectivity index (χ3v) is 11.2. The molecule has 302 valence electrons. The van der Waals surface area contributed by atoms with Crippen LogP contribution in [0.3, 0.4) is 0 Å². The third-order valence-electron chi connectivity index (χ3n) is 11.2. The van der Waals surface area contributed by atoms with Crippen molar-refractivity contribution in [2.45, 2.75) is 0 Å². The summed E-state index contributed by atoms with van der Waals surface area (Å²) in [5, 5.41) is 41.0. The first-order valence-corrected chi connectivity index (χ1v) is 20.3. The van der Waals surface area contributed by atoms with Gasteiger partial charge in [0.1, 0.15) is 11.6 Å². The lowest BCUT2D eigenvalue weighted by atomic mass is 9.97. The van der Waals surface area contributed by atoms with E-state index in [4.69, 9.17) is 15.0 Å². The summed E-state index contributed by atoms with van der Waals surface area (Å²) in [6.45, 7) is 0. The molecule has 10 heteroatoms. The van der Waals surface area contributed by atoms with E-state index in [1.54, 1.807) is 24.3 Å². The molecule has 0 N–H and O–H groups in total. The summed E-state index contributed by atoms with van der Waals surface area (Å²) >= 11 is 0. The Hall–Kier alpha value is -9.61. The van der Waals surface area contributed by atoms with Gasteiger partial charge in [-0.05, 0) is 112 Å². The summed E-state index contributed by atoms with van der Waals surface area (Å²) in [4.78, 5) is 14.8. The second-order valence-electron chi connectivity index (χ2n) is 15.3. The Morgan fingerprint density at radius 1 is 0.354 bits per heavy atom. The first-order chi connectivity index (χ1) is 31.8. The zero-order valence-electron chi connectivity index (χ0n) is 34.0. The van der Waals surface area contributed by atoms with Gasteiger partial charge in [0.05, 0.1) is 57.6 Å². The van der Waals surface area contributed by atoms with Crippen LogP contribution in [0.5, 0.6) is 0 Å². The highest BCUT2D eigenvalue weighted by Crippen LogP contribution is 2.41. The van der Waals surface area contributed by atoms with Gasteiger partial charge in [-0.25, -0.2) is 23.7 Å². The number of nitrogens with zero attached hydrogens (tertiary/aromatic N) is 8. The first-order valence-electron chi connectivity index (χ1n) is 20.3. The molecule has 65 heavy (non-hydrogen) atoms. The number of fused-ring (bicyclic) bond motifs is 3. The van der Waals surface area contributed by atoms with Crippen molar-refractivity contribution in [3.63, 3.8) is 0 Å². The van der Waals surface area contributed by atoms with Crippen LogP contribution in [0.2, 0.25) is 0 Å². The van der Waals surface area contributed by atoms with Crippen molar-refractivity contribution >= 4 is 21.8 Å². The number of aromatic nitrogens is 4. The highest BCUT2D eigenvalue weighted by molar-refractivity contribution is 6.11. The van der Waals surface area contributed by atoms with Gasteiger partial charge in [0.15, 0.2) is 17.5 Å². The van der Waals surface area contributed by atoms with Crippen LogP contribution < -0.4 is 0 Å². The average Bonchev–Trinajstić information content (AvgIpc) is 3.68. The molecule has 2 aromatic heterocycles. The molecule has 0 saturated carbocycles. The smallest absolute Gasteiger partial charge is 0.164 e. The summed E-state index contributed by atoms with van der Waals surface area (Å²) in [6, 6.07) is 58.4. The Morgan fingerprint density at radius 3 is 1.25 bits per heavy atom. The van der Waals surface area contributed by atoms with Crippen LogP contribution in [0.15, 0.2) is 170 Å².